The van der Waals surface area contributed by atoms with Crippen molar-refractivity contribution >= 4 is 35.0 Å². The van der Waals surface area contributed by atoms with E-state index in [1.54, 1.807) is 25.3 Å². The van der Waals surface area contributed by atoms with Crippen LogP contribution in [0, 0.1) is 6.92 Å². The summed E-state index contributed by atoms with van der Waals surface area (Å²) in [6.07, 6.45) is 0. The minimum atomic E-state index is -0.133. The van der Waals surface area contributed by atoms with Crippen molar-refractivity contribution in [3.05, 3.63) is 59.4 Å². The number of ether oxygens (including phenoxy) is 1. The van der Waals surface area contributed by atoms with Gasteiger partial charge in [0.15, 0.2) is 5.16 Å². The number of methoxy groups -OCH3 is 1. The average Bonchev–Trinajstić information content (AvgIpc) is 3.01. The summed E-state index contributed by atoms with van der Waals surface area (Å²) < 4.78 is 7.04. The van der Waals surface area contributed by atoms with E-state index in [2.05, 4.69) is 15.5 Å². The molecule has 0 aliphatic heterocycles. The minimum absolute atomic E-state index is 0.133. The number of carbonyl (C=O) groups excluding carboxylic acids is 1. The van der Waals surface area contributed by atoms with Gasteiger partial charge in [-0.1, -0.05) is 29.4 Å². The van der Waals surface area contributed by atoms with Gasteiger partial charge < -0.3 is 10.1 Å². The summed E-state index contributed by atoms with van der Waals surface area (Å²) in [6.45, 7) is 1.86. The summed E-state index contributed by atoms with van der Waals surface area (Å²) in [5.74, 6) is 1.51. The number of nitrogens with one attached hydrogen (secondary N) is 1. The van der Waals surface area contributed by atoms with Crippen molar-refractivity contribution in [2.24, 2.45) is 0 Å². The van der Waals surface area contributed by atoms with Crippen molar-refractivity contribution in [1.29, 1.82) is 0 Å². The van der Waals surface area contributed by atoms with Crippen molar-refractivity contribution in [3.63, 3.8) is 0 Å². The van der Waals surface area contributed by atoms with Gasteiger partial charge in [0.05, 0.1) is 12.9 Å². The lowest BCUT2D eigenvalue weighted by Gasteiger charge is -2.09. The summed E-state index contributed by atoms with van der Waals surface area (Å²) in [6, 6.07) is 14.6. The predicted molar refractivity (Wildman–Crippen MR) is 103 cm³/mol. The van der Waals surface area contributed by atoms with Crippen LogP contribution in [0.4, 0.5) is 5.69 Å². The number of hydrogen-bond donors (Lipinski definition) is 1. The van der Waals surface area contributed by atoms with Gasteiger partial charge in [0.2, 0.25) is 5.91 Å². The van der Waals surface area contributed by atoms with Gasteiger partial charge in [0, 0.05) is 22.5 Å². The Morgan fingerprint density at radius 2 is 2.00 bits per heavy atom. The molecule has 0 saturated heterocycles. The molecule has 134 valence electrons. The van der Waals surface area contributed by atoms with Gasteiger partial charge in [-0.2, -0.15) is 0 Å². The van der Waals surface area contributed by atoms with Crippen LogP contribution in [0.15, 0.2) is 53.7 Å². The molecule has 3 rings (SSSR count). The maximum absolute atomic E-state index is 12.2. The van der Waals surface area contributed by atoms with Crippen LogP contribution in [0.1, 0.15) is 5.82 Å². The van der Waals surface area contributed by atoms with E-state index in [0.29, 0.717) is 21.6 Å². The number of rotatable bonds is 6. The van der Waals surface area contributed by atoms with Crippen molar-refractivity contribution in [2.75, 3.05) is 18.2 Å². The van der Waals surface area contributed by atoms with Crippen LogP contribution < -0.4 is 10.1 Å². The summed E-state index contributed by atoms with van der Waals surface area (Å²) in [7, 11) is 1.59. The molecular formula is C18H17ClN4O2S. The molecule has 0 radical (unpaired) electrons. The van der Waals surface area contributed by atoms with E-state index >= 15 is 0 Å². The molecule has 0 atom stereocenters. The van der Waals surface area contributed by atoms with Gasteiger partial charge in [-0.05, 0) is 43.3 Å². The van der Waals surface area contributed by atoms with Crippen molar-refractivity contribution in [3.8, 4) is 11.4 Å². The number of aryl methyl sites for hydroxylation is 1. The van der Waals surface area contributed by atoms with Gasteiger partial charge >= 0.3 is 0 Å². The zero-order chi connectivity index (χ0) is 18.5. The second kappa shape index (κ2) is 8.25. The Labute approximate surface area is 160 Å². The topological polar surface area (TPSA) is 69.0 Å². The second-order valence-corrected chi connectivity index (χ2v) is 6.79. The standard InChI is InChI=1S/C18H17ClN4O2S/c1-12-21-22-18(23(12)15-8-6-13(19)7-9-15)26-11-17(24)20-14-4-3-5-16(10-14)25-2/h3-10H,11H2,1-2H3,(H,20,24). The highest BCUT2D eigenvalue weighted by molar-refractivity contribution is 7.99. The number of amides is 1. The molecule has 0 spiro atoms. The predicted octanol–water partition coefficient (Wildman–Crippen LogP) is 3.97. The Morgan fingerprint density at radius 3 is 2.73 bits per heavy atom. The van der Waals surface area contributed by atoms with E-state index in [4.69, 9.17) is 16.3 Å². The van der Waals surface area contributed by atoms with Crippen LogP contribution in [0.5, 0.6) is 5.75 Å². The monoisotopic (exact) mass is 388 g/mol. The highest BCUT2D eigenvalue weighted by Crippen LogP contribution is 2.23. The van der Waals surface area contributed by atoms with E-state index in [1.165, 1.54) is 11.8 Å². The maximum atomic E-state index is 12.2. The molecule has 3 aromatic rings. The molecule has 1 aromatic heterocycles. The lowest BCUT2D eigenvalue weighted by molar-refractivity contribution is -0.113. The van der Waals surface area contributed by atoms with Crippen LogP contribution in [-0.2, 0) is 4.79 Å². The van der Waals surface area contributed by atoms with Crippen LogP contribution in [-0.4, -0.2) is 33.5 Å². The molecule has 0 aliphatic rings. The Hall–Kier alpha value is -2.51. The number of hydrogen-bond acceptors (Lipinski definition) is 5. The highest BCUT2D eigenvalue weighted by Gasteiger charge is 2.13. The molecule has 0 fully saturated rings. The number of nitrogens with zero attached hydrogens (tertiary/aromatic N) is 3. The Morgan fingerprint density at radius 1 is 1.23 bits per heavy atom. The first-order valence-electron chi connectivity index (χ1n) is 7.81. The Bertz CT molecular complexity index is 912. The number of aromatic nitrogens is 3. The third-order valence-corrected chi connectivity index (χ3v) is 4.75. The number of halogens is 1. The van der Waals surface area contributed by atoms with Crippen LogP contribution in [0.2, 0.25) is 5.02 Å². The zero-order valence-electron chi connectivity index (χ0n) is 14.3. The minimum Gasteiger partial charge on any atom is -0.497 e. The van der Waals surface area contributed by atoms with Crippen LogP contribution >= 0.6 is 23.4 Å². The van der Waals surface area contributed by atoms with E-state index in [0.717, 1.165) is 11.5 Å². The maximum Gasteiger partial charge on any atom is 0.234 e. The van der Waals surface area contributed by atoms with Crippen LogP contribution in [0.3, 0.4) is 0 Å². The molecule has 26 heavy (non-hydrogen) atoms. The van der Waals surface area contributed by atoms with Crippen molar-refractivity contribution < 1.29 is 9.53 Å². The van der Waals surface area contributed by atoms with Gasteiger partial charge in [0.25, 0.3) is 0 Å². The molecular weight excluding hydrogens is 372 g/mol. The smallest absolute Gasteiger partial charge is 0.234 e. The fraction of sp³-hybridized carbons (Fsp3) is 0.167. The van der Waals surface area contributed by atoms with Gasteiger partial charge in [-0.15, -0.1) is 10.2 Å². The zero-order valence-corrected chi connectivity index (χ0v) is 15.8. The molecule has 1 heterocycles. The first-order valence-corrected chi connectivity index (χ1v) is 9.18. The SMILES string of the molecule is COc1cccc(NC(=O)CSc2nnc(C)n2-c2ccc(Cl)cc2)c1. The molecule has 0 saturated carbocycles. The molecule has 6 nitrogen and oxygen atoms in total. The lowest BCUT2D eigenvalue weighted by atomic mass is 10.3. The summed E-state index contributed by atoms with van der Waals surface area (Å²) in [5, 5.41) is 12.4. The van der Waals surface area contributed by atoms with Crippen LogP contribution in [0.25, 0.3) is 5.69 Å². The normalized spacial score (nSPS) is 10.6. The van der Waals surface area contributed by atoms with Crippen molar-refractivity contribution in [2.45, 2.75) is 12.1 Å². The van der Waals surface area contributed by atoms with Gasteiger partial charge in [-0.3, -0.25) is 9.36 Å². The fourth-order valence-corrected chi connectivity index (χ4v) is 3.28. The summed E-state index contributed by atoms with van der Waals surface area (Å²) in [5.41, 5.74) is 1.58. The summed E-state index contributed by atoms with van der Waals surface area (Å²) >= 11 is 7.26. The number of anilines is 1. The molecule has 1 N–H and O–H groups in total. The first-order chi connectivity index (χ1) is 12.6. The quantitative estimate of drug-likeness (QED) is 0.647. The Balaban J connectivity index is 1.68. The van der Waals surface area contributed by atoms with Gasteiger partial charge in [0.1, 0.15) is 11.6 Å². The number of benzene rings is 2. The van der Waals surface area contributed by atoms with Gasteiger partial charge in [-0.25, -0.2) is 0 Å². The molecule has 2 aromatic carbocycles. The van der Waals surface area contributed by atoms with E-state index in [1.807, 2.05) is 41.8 Å². The number of thioether (sulfide) groups is 1. The fourth-order valence-electron chi connectivity index (χ4n) is 2.35. The third-order valence-electron chi connectivity index (χ3n) is 3.57. The summed E-state index contributed by atoms with van der Waals surface area (Å²) in [4.78, 5) is 12.2. The van der Waals surface area contributed by atoms with E-state index < -0.39 is 0 Å². The molecule has 0 unspecified atom stereocenters. The first kappa shape index (κ1) is 18.3. The number of carbonyl (C=O) groups is 1. The largest absolute Gasteiger partial charge is 0.497 e. The third kappa shape index (κ3) is 4.36. The second-order valence-electron chi connectivity index (χ2n) is 5.41. The van der Waals surface area contributed by atoms with E-state index in [9.17, 15) is 4.79 Å². The lowest BCUT2D eigenvalue weighted by Crippen LogP contribution is -2.14. The molecule has 1 amide bonds. The highest BCUT2D eigenvalue weighted by atomic mass is 35.5. The molecule has 0 bridgehead atoms. The average molecular weight is 389 g/mol. The van der Waals surface area contributed by atoms with E-state index in [-0.39, 0.29) is 11.7 Å². The molecule has 0 aliphatic carbocycles. The van der Waals surface area contributed by atoms with Crippen molar-refractivity contribution in [1.82, 2.24) is 14.8 Å². The molecule has 8 heteroatoms. The Kier molecular flexibility index (Phi) is 5.80.